The number of nitrogens with zero attached hydrogens (tertiary/aromatic N) is 3. The first-order chi connectivity index (χ1) is 17.5. The molecule has 12 heteroatoms. The van der Waals surface area contributed by atoms with Crippen LogP contribution in [0.1, 0.15) is 23.1 Å². The molecule has 0 aliphatic carbocycles. The third kappa shape index (κ3) is 6.34. The zero-order valence-corrected chi connectivity index (χ0v) is 21.2. The molecule has 3 heterocycles. The number of hydrazone groups is 1. The van der Waals surface area contributed by atoms with Crippen LogP contribution < -0.4 is 21.0 Å². The van der Waals surface area contributed by atoms with Crippen LogP contribution in [0.4, 0.5) is 0 Å². The van der Waals surface area contributed by atoms with Crippen molar-refractivity contribution in [3.8, 4) is 16.9 Å². The number of aromatic amines is 1. The van der Waals surface area contributed by atoms with Crippen LogP contribution in [0.25, 0.3) is 21.3 Å². The smallest absolute Gasteiger partial charge is 0.287 e. The van der Waals surface area contributed by atoms with Crippen LogP contribution in [-0.2, 0) is 11.3 Å². The van der Waals surface area contributed by atoms with Gasteiger partial charge in [0.1, 0.15) is 30.1 Å². The molecule has 36 heavy (non-hydrogen) atoms. The molecule has 4 aromatic rings. The molecule has 186 valence electrons. The number of amides is 1. The Balaban J connectivity index is 1.32. The van der Waals surface area contributed by atoms with Crippen LogP contribution in [0.2, 0.25) is 0 Å². The van der Waals surface area contributed by atoms with Crippen molar-refractivity contribution in [2.75, 3.05) is 20.3 Å². The zero-order chi connectivity index (χ0) is 25.3. The molecule has 1 aromatic carbocycles. The lowest BCUT2D eigenvalue weighted by molar-refractivity contribution is 0.0940. The summed E-state index contributed by atoms with van der Waals surface area (Å²) >= 11 is 2.90. The summed E-state index contributed by atoms with van der Waals surface area (Å²) in [6.07, 6.45) is 1.45. The minimum Gasteiger partial charge on any atom is -0.490 e. The Morgan fingerprint density at radius 3 is 2.94 bits per heavy atom. The molecule has 0 bridgehead atoms. The summed E-state index contributed by atoms with van der Waals surface area (Å²) in [5, 5.41) is 13.1. The molecule has 0 spiro atoms. The maximum atomic E-state index is 12.7. The molecule has 1 amide bonds. The average Bonchev–Trinajstić information content (AvgIpc) is 3.56. The van der Waals surface area contributed by atoms with E-state index in [9.17, 15) is 9.59 Å². The lowest BCUT2D eigenvalue weighted by atomic mass is 10.1. The zero-order valence-electron chi connectivity index (χ0n) is 19.6. The van der Waals surface area contributed by atoms with E-state index in [0.717, 1.165) is 16.7 Å². The minimum atomic E-state index is -0.462. The van der Waals surface area contributed by atoms with Crippen molar-refractivity contribution in [1.82, 2.24) is 20.7 Å². The highest BCUT2D eigenvalue weighted by Gasteiger charge is 2.16. The van der Waals surface area contributed by atoms with E-state index in [2.05, 4.69) is 30.8 Å². The summed E-state index contributed by atoms with van der Waals surface area (Å²) in [5.41, 5.74) is 4.92. The molecule has 0 aliphatic heterocycles. The van der Waals surface area contributed by atoms with Crippen LogP contribution in [0, 0.1) is 0 Å². The molecule has 4 rings (SSSR count). The SMILES string of the molecule is C/N=C\N/N=C(\C)OCCOc1cccc(CNC(=O)c2nc3scc(-c4ccsc4)c3c(=O)[nH]2)c1. The number of thiophene rings is 2. The molecule has 0 saturated carbocycles. The van der Waals surface area contributed by atoms with Gasteiger partial charge in [-0.3, -0.25) is 20.0 Å². The van der Waals surface area contributed by atoms with Gasteiger partial charge < -0.3 is 19.8 Å². The number of hydrogen-bond donors (Lipinski definition) is 3. The van der Waals surface area contributed by atoms with Crippen molar-refractivity contribution in [2.24, 2.45) is 10.1 Å². The Kier molecular flexibility index (Phi) is 8.42. The number of nitrogens with one attached hydrogen (secondary N) is 3. The molecule has 10 nitrogen and oxygen atoms in total. The summed E-state index contributed by atoms with van der Waals surface area (Å²) in [6, 6.07) is 9.30. The molecule has 0 aliphatic rings. The number of carbonyl (C=O) groups excluding carboxylic acids is 1. The fourth-order valence-electron chi connectivity index (χ4n) is 3.26. The van der Waals surface area contributed by atoms with E-state index >= 15 is 0 Å². The van der Waals surface area contributed by atoms with Crippen molar-refractivity contribution in [1.29, 1.82) is 0 Å². The number of fused-ring (bicyclic) bond motifs is 1. The van der Waals surface area contributed by atoms with Crippen LogP contribution in [0.3, 0.4) is 0 Å². The number of carbonyl (C=O) groups is 1. The van der Waals surface area contributed by atoms with E-state index in [-0.39, 0.29) is 17.9 Å². The number of rotatable bonds is 10. The van der Waals surface area contributed by atoms with Crippen LogP contribution in [-0.4, -0.2) is 48.4 Å². The van der Waals surface area contributed by atoms with Gasteiger partial charge >= 0.3 is 0 Å². The second-order valence-corrected chi connectivity index (χ2v) is 9.07. The number of ether oxygens (including phenoxy) is 2. The van der Waals surface area contributed by atoms with Crippen molar-refractivity contribution in [3.05, 3.63) is 68.2 Å². The summed E-state index contributed by atoms with van der Waals surface area (Å²) in [7, 11) is 1.63. The average molecular weight is 525 g/mol. The second-order valence-electron chi connectivity index (χ2n) is 7.43. The highest BCUT2D eigenvalue weighted by Crippen LogP contribution is 2.31. The Hall–Kier alpha value is -4.03. The number of benzene rings is 1. The van der Waals surface area contributed by atoms with E-state index in [4.69, 9.17) is 9.47 Å². The van der Waals surface area contributed by atoms with Crippen molar-refractivity contribution < 1.29 is 14.3 Å². The van der Waals surface area contributed by atoms with Gasteiger partial charge in [0.05, 0.1) is 5.39 Å². The van der Waals surface area contributed by atoms with Gasteiger partial charge in [0, 0.05) is 31.5 Å². The normalized spacial score (nSPS) is 11.7. The van der Waals surface area contributed by atoms with Crippen molar-refractivity contribution >= 4 is 51.0 Å². The van der Waals surface area contributed by atoms with Crippen molar-refractivity contribution in [2.45, 2.75) is 13.5 Å². The first-order valence-corrected chi connectivity index (χ1v) is 12.7. The third-order valence-corrected chi connectivity index (χ3v) is 6.47. The van der Waals surface area contributed by atoms with Gasteiger partial charge in [-0.05, 0) is 40.1 Å². The monoisotopic (exact) mass is 524 g/mol. The summed E-state index contributed by atoms with van der Waals surface area (Å²) < 4.78 is 11.2. The largest absolute Gasteiger partial charge is 0.490 e. The highest BCUT2D eigenvalue weighted by molar-refractivity contribution is 7.17. The molecule has 0 fully saturated rings. The van der Waals surface area contributed by atoms with Gasteiger partial charge in [-0.15, -0.1) is 16.4 Å². The van der Waals surface area contributed by atoms with E-state index in [1.165, 1.54) is 17.7 Å². The molecule has 3 N–H and O–H groups in total. The Bertz CT molecular complexity index is 1440. The molecule has 0 atom stereocenters. The van der Waals surface area contributed by atoms with E-state index in [1.807, 2.05) is 46.5 Å². The van der Waals surface area contributed by atoms with Gasteiger partial charge in [-0.1, -0.05) is 12.1 Å². The van der Waals surface area contributed by atoms with Crippen LogP contribution in [0.5, 0.6) is 5.75 Å². The first kappa shape index (κ1) is 25.1. The lowest BCUT2D eigenvalue weighted by Crippen LogP contribution is -2.27. The molecule has 0 radical (unpaired) electrons. The quantitative estimate of drug-likeness (QED) is 0.126. The van der Waals surface area contributed by atoms with Crippen LogP contribution >= 0.6 is 22.7 Å². The van der Waals surface area contributed by atoms with E-state index in [0.29, 0.717) is 35.1 Å². The van der Waals surface area contributed by atoms with Gasteiger partial charge in [0.15, 0.2) is 0 Å². The maximum Gasteiger partial charge on any atom is 0.287 e. The molecule has 0 unspecified atom stereocenters. The minimum absolute atomic E-state index is 0.0208. The Morgan fingerprint density at radius 1 is 1.25 bits per heavy atom. The van der Waals surface area contributed by atoms with Gasteiger partial charge in [-0.25, -0.2) is 4.98 Å². The topological polar surface area (TPSA) is 130 Å². The standard InChI is InChI=1S/C24H24N6O4S2/c1-15(30-27-14-25-2)33-7-8-34-18-5-3-4-16(10-18)11-26-23(32)21-28-22(31)20-19(13-36-24(20)29-21)17-6-9-35-12-17/h3-6,9-10,12-14H,7-8,11H2,1-2H3,(H,25,27)(H,26,32)(H,28,29,31)/b30-15+. The summed E-state index contributed by atoms with van der Waals surface area (Å²) in [5.74, 6) is 0.622. The molecule has 3 aromatic heterocycles. The third-order valence-electron chi connectivity index (χ3n) is 4.91. The molecule has 0 saturated heterocycles. The van der Waals surface area contributed by atoms with E-state index < -0.39 is 5.91 Å². The second kappa shape index (κ2) is 12.1. The fraction of sp³-hybridized carbons (Fsp3) is 0.208. The molecular formula is C24H24N6O4S2. The van der Waals surface area contributed by atoms with Crippen LogP contribution in [0.15, 0.2) is 61.4 Å². The van der Waals surface area contributed by atoms with Gasteiger partial charge in [0.25, 0.3) is 11.5 Å². The van der Waals surface area contributed by atoms with Gasteiger partial charge in [-0.2, -0.15) is 11.3 Å². The number of H-pyrrole nitrogens is 1. The van der Waals surface area contributed by atoms with E-state index in [1.54, 1.807) is 25.3 Å². The fourth-order valence-corrected chi connectivity index (χ4v) is 4.86. The predicted molar refractivity (Wildman–Crippen MR) is 143 cm³/mol. The predicted octanol–water partition coefficient (Wildman–Crippen LogP) is 3.62. The first-order valence-electron chi connectivity index (χ1n) is 10.9. The maximum absolute atomic E-state index is 12.7. The summed E-state index contributed by atoms with van der Waals surface area (Å²) in [4.78, 5) is 36.7. The number of aliphatic imine (C=N–C) groups is 1. The lowest BCUT2D eigenvalue weighted by Gasteiger charge is -2.10. The number of aromatic nitrogens is 2. The Morgan fingerprint density at radius 2 is 2.14 bits per heavy atom. The summed E-state index contributed by atoms with van der Waals surface area (Å²) in [6.45, 7) is 2.61. The Labute approximate surface area is 214 Å². The number of hydrogen-bond acceptors (Lipinski definition) is 9. The highest BCUT2D eigenvalue weighted by atomic mass is 32.1. The van der Waals surface area contributed by atoms with Gasteiger partial charge in [0.2, 0.25) is 11.7 Å². The van der Waals surface area contributed by atoms with Crippen molar-refractivity contribution in [3.63, 3.8) is 0 Å². The molecular weight excluding hydrogens is 500 g/mol.